The predicted molar refractivity (Wildman–Crippen MR) is 107 cm³/mol. The highest BCUT2D eigenvalue weighted by Gasteiger charge is 2.29. The molecule has 1 amide bonds. The first kappa shape index (κ1) is 19.1. The summed E-state index contributed by atoms with van der Waals surface area (Å²) in [7, 11) is -3.69. The van der Waals surface area contributed by atoms with Gasteiger partial charge in [0.15, 0.2) is 9.84 Å². The van der Waals surface area contributed by atoms with E-state index in [1.807, 2.05) is 6.07 Å². The number of hydrogen-bond acceptors (Lipinski definition) is 3. The number of halogens is 1. The molecule has 0 aliphatic rings. The van der Waals surface area contributed by atoms with Crippen molar-refractivity contribution in [3.63, 3.8) is 0 Å². The fourth-order valence-corrected chi connectivity index (χ4v) is 4.68. The van der Waals surface area contributed by atoms with Gasteiger partial charge in [0.25, 0.3) is 5.91 Å². The normalized spacial score (nSPS) is 12.3. The molecule has 3 aromatic carbocycles. The van der Waals surface area contributed by atoms with Gasteiger partial charge in [-0.1, -0.05) is 72.3 Å². The van der Waals surface area contributed by atoms with E-state index in [0.717, 1.165) is 0 Å². The molecular weight excluding hydrogens is 382 g/mol. The van der Waals surface area contributed by atoms with Crippen molar-refractivity contribution in [2.24, 2.45) is 0 Å². The van der Waals surface area contributed by atoms with Crippen molar-refractivity contribution in [1.29, 1.82) is 0 Å². The molecule has 1 atom stereocenters. The van der Waals surface area contributed by atoms with Crippen LogP contribution in [-0.2, 0) is 9.84 Å². The van der Waals surface area contributed by atoms with Gasteiger partial charge in [-0.15, -0.1) is 0 Å². The van der Waals surface area contributed by atoms with Gasteiger partial charge in [-0.3, -0.25) is 4.79 Å². The van der Waals surface area contributed by atoms with Gasteiger partial charge >= 0.3 is 0 Å². The Morgan fingerprint density at radius 2 is 1.41 bits per heavy atom. The Morgan fingerprint density at radius 1 is 0.852 bits per heavy atom. The Kier molecular flexibility index (Phi) is 5.94. The maximum absolute atomic E-state index is 13.2. The summed E-state index contributed by atoms with van der Waals surface area (Å²) < 4.78 is 26.3. The fourth-order valence-electron chi connectivity index (χ4n) is 2.77. The largest absolute Gasteiger partial charge is 0.350 e. The van der Waals surface area contributed by atoms with Gasteiger partial charge in [0, 0.05) is 6.54 Å². The minimum atomic E-state index is -3.69. The highest BCUT2D eigenvalue weighted by atomic mass is 35.5. The van der Waals surface area contributed by atoms with Crippen LogP contribution < -0.4 is 5.32 Å². The summed E-state index contributed by atoms with van der Waals surface area (Å²) in [5, 5.41) is 2.12. The van der Waals surface area contributed by atoms with E-state index in [0.29, 0.717) is 16.1 Å². The molecule has 0 fully saturated rings. The first-order chi connectivity index (χ1) is 13.0. The molecule has 0 aliphatic heterocycles. The molecule has 3 aromatic rings. The van der Waals surface area contributed by atoms with Crippen molar-refractivity contribution in [2.75, 3.05) is 6.54 Å². The molecule has 138 valence electrons. The lowest BCUT2D eigenvalue weighted by Crippen LogP contribution is -2.32. The molecule has 0 heterocycles. The van der Waals surface area contributed by atoms with Gasteiger partial charge in [0.1, 0.15) is 5.25 Å². The molecule has 3 rings (SSSR count). The van der Waals surface area contributed by atoms with E-state index in [1.54, 1.807) is 78.9 Å². The van der Waals surface area contributed by atoms with Crippen molar-refractivity contribution >= 4 is 27.3 Å². The van der Waals surface area contributed by atoms with Gasteiger partial charge in [0.05, 0.1) is 15.5 Å². The second-order valence-corrected chi connectivity index (χ2v) is 8.48. The van der Waals surface area contributed by atoms with E-state index in [1.165, 1.54) is 0 Å². The Bertz CT molecular complexity index is 1020. The molecule has 0 bridgehead atoms. The molecule has 0 aromatic heterocycles. The van der Waals surface area contributed by atoms with Gasteiger partial charge in [-0.2, -0.15) is 0 Å². The maximum Gasteiger partial charge on any atom is 0.252 e. The zero-order valence-corrected chi connectivity index (χ0v) is 16.0. The minimum absolute atomic E-state index is 0.0642. The van der Waals surface area contributed by atoms with Gasteiger partial charge < -0.3 is 5.32 Å². The molecule has 1 N–H and O–H groups in total. The van der Waals surface area contributed by atoms with Crippen LogP contribution in [0.25, 0.3) is 0 Å². The maximum atomic E-state index is 13.2. The van der Waals surface area contributed by atoms with Gasteiger partial charge in [-0.25, -0.2) is 8.42 Å². The molecule has 0 spiro atoms. The van der Waals surface area contributed by atoms with Crippen LogP contribution >= 0.6 is 11.6 Å². The van der Waals surface area contributed by atoms with Crippen molar-refractivity contribution in [3.8, 4) is 0 Å². The summed E-state index contributed by atoms with van der Waals surface area (Å²) in [6.07, 6.45) is 0. The van der Waals surface area contributed by atoms with E-state index in [-0.39, 0.29) is 11.4 Å². The van der Waals surface area contributed by atoms with E-state index in [9.17, 15) is 13.2 Å². The van der Waals surface area contributed by atoms with Crippen LogP contribution in [0.3, 0.4) is 0 Å². The topological polar surface area (TPSA) is 63.2 Å². The number of sulfone groups is 1. The highest BCUT2D eigenvalue weighted by Crippen LogP contribution is 2.28. The van der Waals surface area contributed by atoms with Crippen LogP contribution in [-0.4, -0.2) is 20.9 Å². The van der Waals surface area contributed by atoms with Crippen molar-refractivity contribution < 1.29 is 13.2 Å². The lowest BCUT2D eigenvalue weighted by atomic mass is 10.1. The summed E-state index contributed by atoms with van der Waals surface area (Å²) in [5.41, 5.74) is 0.920. The van der Waals surface area contributed by atoms with Crippen LogP contribution in [0.2, 0.25) is 5.02 Å². The zero-order chi connectivity index (χ0) is 19.3. The molecular formula is C21H18ClNO3S. The third kappa shape index (κ3) is 4.38. The lowest BCUT2D eigenvalue weighted by Gasteiger charge is -2.19. The van der Waals surface area contributed by atoms with E-state index >= 15 is 0 Å². The first-order valence-corrected chi connectivity index (χ1v) is 10.3. The number of rotatable bonds is 6. The summed E-state index contributed by atoms with van der Waals surface area (Å²) in [5.74, 6) is -0.412. The van der Waals surface area contributed by atoms with Crippen LogP contribution in [0, 0.1) is 0 Å². The third-order valence-electron chi connectivity index (χ3n) is 4.18. The molecule has 4 nitrogen and oxygen atoms in total. The van der Waals surface area contributed by atoms with Gasteiger partial charge in [-0.05, 0) is 29.8 Å². The second kappa shape index (κ2) is 8.37. The number of nitrogens with one attached hydrogen (secondary N) is 1. The Hall–Kier alpha value is -2.63. The van der Waals surface area contributed by atoms with E-state index in [2.05, 4.69) is 5.32 Å². The van der Waals surface area contributed by atoms with Crippen molar-refractivity contribution in [1.82, 2.24) is 5.32 Å². The minimum Gasteiger partial charge on any atom is -0.350 e. The Balaban J connectivity index is 1.90. The zero-order valence-electron chi connectivity index (χ0n) is 14.4. The summed E-state index contributed by atoms with van der Waals surface area (Å²) >= 11 is 6.06. The van der Waals surface area contributed by atoms with Crippen LogP contribution in [0.4, 0.5) is 0 Å². The number of hydrogen-bond donors (Lipinski definition) is 1. The fraction of sp³-hybridized carbons (Fsp3) is 0.0952. The van der Waals surface area contributed by atoms with Crippen molar-refractivity contribution in [3.05, 3.63) is 101 Å². The number of amides is 1. The second-order valence-electron chi connectivity index (χ2n) is 5.95. The SMILES string of the molecule is O=C(NC[C@@H](c1ccccc1)S(=O)(=O)c1ccccc1)c1ccccc1Cl. The monoisotopic (exact) mass is 399 g/mol. The molecule has 0 aliphatic carbocycles. The number of benzene rings is 3. The molecule has 0 saturated carbocycles. The quantitative estimate of drug-likeness (QED) is 0.672. The molecule has 27 heavy (non-hydrogen) atoms. The summed E-state index contributed by atoms with van der Waals surface area (Å²) in [6, 6.07) is 23.7. The average molecular weight is 400 g/mol. The average Bonchev–Trinajstić information content (AvgIpc) is 2.69. The van der Waals surface area contributed by atoms with Gasteiger partial charge in [0.2, 0.25) is 0 Å². The smallest absolute Gasteiger partial charge is 0.252 e. The van der Waals surface area contributed by atoms with Crippen LogP contribution in [0.5, 0.6) is 0 Å². The van der Waals surface area contributed by atoms with Crippen LogP contribution in [0.1, 0.15) is 21.2 Å². The highest BCUT2D eigenvalue weighted by molar-refractivity contribution is 7.91. The molecule has 0 unspecified atom stereocenters. The third-order valence-corrected chi connectivity index (χ3v) is 6.63. The van der Waals surface area contributed by atoms with Crippen LogP contribution in [0.15, 0.2) is 89.8 Å². The first-order valence-electron chi connectivity index (χ1n) is 8.37. The predicted octanol–water partition coefficient (Wildman–Crippen LogP) is 4.29. The molecule has 6 heteroatoms. The summed E-state index contributed by atoms with van der Waals surface area (Å²) in [4.78, 5) is 12.7. The molecule has 0 saturated heterocycles. The number of carbonyl (C=O) groups excluding carboxylic acids is 1. The van der Waals surface area contributed by atoms with E-state index in [4.69, 9.17) is 11.6 Å². The Labute approximate surface area is 163 Å². The van der Waals surface area contributed by atoms with Crippen molar-refractivity contribution in [2.45, 2.75) is 10.1 Å². The summed E-state index contributed by atoms with van der Waals surface area (Å²) in [6.45, 7) is -0.0642. The number of carbonyl (C=O) groups is 1. The Morgan fingerprint density at radius 3 is 2.04 bits per heavy atom. The lowest BCUT2D eigenvalue weighted by molar-refractivity contribution is 0.0954. The van der Waals surface area contributed by atoms with E-state index < -0.39 is 21.0 Å². The standard InChI is InChI=1S/C21H18ClNO3S/c22-19-14-8-7-13-18(19)21(24)23-15-20(16-9-3-1-4-10-16)27(25,26)17-11-5-2-6-12-17/h1-14,20H,15H2,(H,23,24)/t20-/m0/s1. The molecule has 0 radical (unpaired) electrons.